The molecule has 0 amide bonds. The molecule has 4 N–H and O–H groups in total. The highest BCUT2D eigenvalue weighted by Gasteiger charge is 2.45. The topological polar surface area (TPSA) is 141 Å². The summed E-state index contributed by atoms with van der Waals surface area (Å²) < 4.78 is 73.3. The Bertz CT molecular complexity index is 2630. The van der Waals surface area contributed by atoms with Crippen molar-refractivity contribution in [2.45, 2.75) is 91.9 Å². The molecular formula is C49H68N5O6S3+3. The number of thioether (sulfide) groups is 1. The maximum absolute atomic E-state index is 12.3. The van der Waals surface area contributed by atoms with Crippen molar-refractivity contribution in [1.29, 1.82) is 0 Å². The van der Waals surface area contributed by atoms with Crippen LogP contribution in [0.2, 0.25) is 0 Å². The van der Waals surface area contributed by atoms with Crippen LogP contribution in [-0.2, 0) is 37.6 Å². The van der Waals surface area contributed by atoms with E-state index in [9.17, 15) is 25.9 Å². The van der Waals surface area contributed by atoms with E-state index in [2.05, 4.69) is 128 Å². The molecule has 2 aliphatic heterocycles. The Morgan fingerprint density at radius 2 is 1.37 bits per heavy atom. The molecule has 63 heavy (non-hydrogen) atoms. The van der Waals surface area contributed by atoms with Gasteiger partial charge in [-0.25, -0.2) is 0 Å². The number of fused-ring (bicyclic) bond motifs is 2. The van der Waals surface area contributed by atoms with Crippen molar-refractivity contribution in [2.75, 3.05) is 73.4 Å². The van der Waals surface area contributed by atoms with Crippen molar-refractivity contribution in [3.05, 3.63) is 123 Å². The Hall–Kier alpha value is -3.86. The summed E-state index contributed by atoms with van der Waals surface area (Å²) >= 11 is 1.74. The number of hydrogen-bond acceptors (Lipinski definition) is 7. The second-order valence-electron chi connectivity index (χ2n) is 20.2. The highest BCUT2D eigenvalue weighted by Crippen LogP contribution is 2.49. The highest BCUT2D eigenvalue weighted by molar-refractivity contribution is 8.03. The molecule has 6 rings (SSSR count). The third-order valence-corrected chi connectivity index (χ3v) is 15.4. The normalized spacial score (nSPS) is 19.2. The number of hydrogen-bond donors (Lipinski definition) is 3. The van der Waals surface area contributed by atoms with Gasteiger partial charge in [0, 0.05) is 63.8 Å². The lowest BCUT2D eigenvalue weighted by Crippen LogP contribution is -2.37. The largest absolute Gasteiger partial charge is 0.344 e. The molecule has 0 aromatic heterocycles. The average Bonchev–Trinajstić information content (AvgIpc) is 3.52. The monoisotopic (exact) mass is 918 g/mol. The Kier molecular flexibility index (Phi) is 14.0. The minimum atomic E-state index is -4.39. The molecule has 11 nitrogen and oxygen atoms in total. The fourth-order valence-corrected chi connectivity index (χ4v) is 11.2. The van der Waals surface area contributed by atoms with Gasteiger partial charge < -0.3 is 19.6 Å². The van der Waals surface area contributed by atoms with Gasteiger partial charge in [-0.2, -0.15) is 21.4 Å². The fraction of sp³-hybridized carbons (Fsp3) is 0.449. The van der Waals surface area contributed by atoms with Crippen LogP contribution in [0.3, 0.4) is 0 Å². The Morgan fingerprint density at radius 1 is 0.762 bits per heavy atom. The molecule has 3 aromatic carbocycles. The summed E-state index contributed by atoms with van der Waals surface area (Å²) in [6.45, 7) is 12.4. The molecule has 14 heteroatoms. The van der Waals surface area contributed by atoms with Crippen LogP contribution < -0.4 is 10.6 Å². The van der Waals surface area contributed by atoms with Crippen molar-refractivity contribution in [3.8, 4) is 0 Å². The fourth-order valence-electron chi connectivity index (χ4n) is 9.04. The first-order chi connectivity index (χ1) is 29.2. The molecule has 0 atom stereocenters. The SMILES string of the molecule is CC1(C)C(/C=C/C2=C(Sc3ccc(CN)cc3)C(=C/C=C3/N(CCC[N+](C)(C)C)c4ccc(S(=O)(=O)O)cc4C3(C)C)/CCC2)=[N+](CCC[N+](C)(C)C)c2ccc(S(=O)(=O)O)cc21. The lowest BCUT2D eigenvalue weighted by atomic mass is 9.81. The Morgan fingerprint density at radius 3 is 1.97 bits per heavy atom. The molecule has 3 aromatic rings. The van der Waals surface area contributed by atoms with Crippen molar-refractivity contribution in [3.63, 3.8) is 0 Å². The van der Waals surface area contributed by atoms with E-state index in [1.54, 1.807) is 23.9 Å². The first-order valence-electron chi connectivity index (χ1n) is 21.8. The molecule has 340 valence electrons. The summed E-state index contributed by atoms with van der Waals surface area (Å²) in [5.74, 6) is 0. The number of rotatable bonds is 16. The van der Waals surface area contributed by atoms with Crippen molar-refractivity contribution in [1.82, 2.24) is 0 Å². The second kappa shape index (κ2) is 18.2. The molecular weight excluding hydrogens is 851 g/mol. The van der Waals surface area contributed by atoms with Gasteiger partial charge in [-0.1, -0.05) is 49.9 Å². The molecule has 0 saturated carbocycles. The summed E-state index contributed by atoms with van der Waals surface area (Å²) in [7, 11) is 4.30. The summed E-state index contributed by atoms with van der Waals surface area (Å²) in [6.07, 6.45) is 13.5. The van der Waals surface area contributed by atoms with E-state index >= 15 is 0 Å². The van der Waals surface area contributed by atoms with Crippen LogP contribution >= 0.6 is 11.8 Å². The molecule has 0 unspecified atom stereocenters. The lowest BCUT2D eigenvalue weighted by molar-refractivity contribution is -0.871. The van der Waals surface area contributed by atoms with E-state index in [1.807, 2.05) is 12.1 Å². The van der Waals surface area contributed by atoms with Gasteiger partial charge >= 0.3 is 0 Å². The van der Waals surface area contributed by atoms with Gasteiger partial charge in [-0.15, -0.1) is 0 Å². The van der Waals surface area contributed by atoms with E-state index in [0.29, 0.717) is 6.54 Å². The van der Waals surface area contributed by atoms with Gasteiger partial charge in [0.2, 0.25) is 5.69 Å². The van der Waals surface area contributed by atoms with E-state index in [4.69, 9.17) is 5.73 Å². The maximum Gasteiger partial charge on any atom is 0.294 e. The number of nitrogens with two attached hydrogens (primary N) is 1. The molecule has 0 fully saturated rings. The Balaban J connectivity index is 1.48. The third kappa shape index (κ3) is 11.2. The predicted molar refractivity (Wildman–Crippen MR) is 257 cm³/mol. The van der Waals surface area contributed by atoms with Gasteiger partial charge in [0.05, 0.1) is 77.0 Å². The predicted octanol–water partition coefficient (Wildman–Crippen LogP) is 8.60. The second-order valence-corrected chi connectivity index (χ2v) is 24.1. The molecule has 0 radical (unpaired) electrons. The van der Waals surface area contributed by atoms with Crippen molar-refractivity contribution >= 4 is 49.1 Å². The van der Waals surface area contributed by atoms with Gasteiger partial charge in [-0.3, -0.25) is 9.11 Å². The lowest BCUT2D eigenvalue weighted by Gasteiger charge is -2.29. The van der Waals surface area contributed by atoms with Crippen LogP contribution in [0.1, 0.15) is 76.5 Å². The van der Waals surface area contributed by atoms with E-state index in [0.717, 1.165) is 112 Å². The third-order valence-electron chi connectivity index (χ3n) is 12.5. The van der Waals surface area contributed by atoms with Gasteiger partial charge in [0.15, 0.2) is 12.3 Å². The summed E-state index contributed by atoms with van der Waals surface area (Å²) in [4.78, 5) is 4.38. The van der Waals surface area contributed by atoms with Crippen LogP contribution in [0.25, 0.3) is 0 Å². The molecule has 2 heterocycles. The maximum atomic E-state index is 12.3. The van der Waals surface area contributed by atoms with Crippen molar-refractivity contribution < 1.29 is 39.5 Å². The van der Waals surface area contributed by atoms with Crippen molar-refractivity contribution in [2.24, 2.45) is 5.73 Å². The quantitative estimate of drug-likeness (QED) is 0.0732. The zero-order chi connectivity index (χ0) is 46.3. The van der Waals surface area contributed by atoms with Crippen LogP contribution in [-0.4, -0.2) is 114 Å². The molecule has 3 aliphatic rings. The summed E-state index contributed by atoms with van der Waals surface area (Å²) in [6, 6.07) is 18.3. The minimum absolute atomic E-state index is 0.108. The van der Waals surface area contributed by atoms with Crippen LogP contribution in [0, 0.1) is 0 Å². The zero-order valence-corrected chi connectivity index (χ0v) is 41.2. The van der Waals surface area contributed by atoms with Crippen LogP contribution in [0.5, 0.6) is 0 Å². The van der Waals surface area contributed by atoms with Gasteiger partial charge in [0.25, 0.3) is 20.2 Å². The van der Waals surface area contributed by atoms with Gasteiger partial charge in [0.1, 0.15) is 0 Å². The number of anilines is 1. The zero-order valence-electron chi connectivity index (χ0n) is 38.8. The number of benzene rings is 3. The van der Waals surface area contributed by atoms with Crippen LogP contribution in [0.15, 0.2) is 121 Å². The van der Waals surface area contributed by atoms with E-state index < -0.39 is 31.1 Å². The van der Waals surface area contributed by atoms with E-state index in [-0.39, 0.29) is 9.79 Å². The molecule has 0 spiro atoms. The minimum Gasteiger partial charge on any atom is -0.344 e. The van der Waals surface area contributed by atoms with E-state index in [1.165, 1.54) is 28.2 Å². The Labute approximate surface area is 381 Å². The van der Waals surface area contributed by atoms with Gasteiger partial charge in [-0.05, 0) is 104 Å². The summed E-state index contributed by atoms with van der Waals surface area (Å²) in [5, 5.41) is 0. The van der Waals surface area contributed by atoms with Crippen LogP contribution in [0.4, 0.5) is 11.4 Å². The number of nitrogens with zero attached hydrogens (tertiary/aromatic N) is 4. The summed E-state index contributed by atoms with van der Waals surface area (Å²) in [5.41, 5.74) is 14.1. The molecule has 0 bridgehead atoms. The standard InChI is InChI=1S/C49H66N5O6S3/c1-48(2)41-32-39(62(55,56)57)22-24-43(41)51(28-12-30-53(5,6)7)45(48)26-18-36-14-11-15-37(47(36)61-38-20-16-35(34-50)17-21-38)19-27-46-49(3,4)42-33-40(63(58,59)60)23-25-44(42)52(46)29-13-31-54(8,9)10/h16-27,32-33H,11-15,28-31,34,50H2,1-10H3/q+1/p+2. The first kappa shape index (κ1) is 48.6. The average molecular weight is 919 g/mol. The smallest absolute Gasteiger partial charge is 0.294 e. The molecule has 0 saturated heterocycles. The molecule has 1 aliphatic carbocycles. The first-order valence-corrected chi connectivity index (χ1v) is 25.5. The number of allylic oxidation sites excluding steroid dienone is 7. The highest BCUT2D eigenvalue weighted by atomic mass is 32.2. The number of quaternary nitrogens is 2.